The molecule has 0 radical (unpaired) electrons. The van der Waals surface area contributed by atoms with Gasteiger partial charge in [0.15, 0.2) is 0 Å². The lowest BCUT2D eigenvalue weighted by atomic mass is 10.1. The Morgan fingerprint density at radius 1 is 1.14 bits per heavy atom. The SMILES string of the molecule is Cc1ccccc1CNS(=O)(=O)c1cccc(C(=O)O)c1. The molecule has 0 aliphatic carbocycles. The Kier molecular flexibility index (Phi) is 4.40. The van der Waals surface area contributed by atoms with Gasteiger partial charge < -0.3 is 5.11 Å². The lowest BCUT2D eigenvalue weighted by Gasteiger charge is -2.09. The van der Waals surface area contributed by atoms with E-state index in [0.29, 0.717) is 0 Å². The van der Waals surface area contributed by atoms with Crippen molar-refractivity contribution >= 4 is 16.0 Å². The van der Waals surface area contributed by atoms with Crippen molar-refractivity contribution in [2.75, 3.05) is 0 Å². The summed E-state index contributed by atoms with van der Waals surface area (Å²) in [6, 6.07) is 12.7. The zero-order valence-corrected chi connectivity index (χ0v) is 12.2. The van der Waals surface area contributed by atoms with Crippen LogP contribution in [0.2, 0.25) is 0 Å². The van der Waals surface area contributed by atoms with Crippen LogP contribution in [0.5, 0.6) is 0 Å². The molecule has 2 aromatic carbocycles. The number of rotatable bonds is 5. The van der Waals surface area contributed by atoms with Gasteiger partial charge in [0, 0.05) is 6.54 Å². The van der Waals surface area contributed by atoms with Crippen LogP contribution in [0.4, 0.5) is 0 Å². The summed E-state index contributed by atoms with van der Waals surface area (Å²) >= 11 is 0. The first kappa shape index (κ1) is 15.2. The van der Waals surface area contributed by atoms with Crippen LogP contribution < -0.4 is 4.72 Å². The summed E-state index contributed by atoms with van der Waals surface area (Å²) in [6.45, 7) is 2.06. The van der Waals surface area contributed by atoms with Crippen molar-refractivity contribution in [1.29, 1.82) is 0 Å². The molecule has 0 unspecified atom stereocenters. The van der Waals surface area contributed by atoms with E-state index in [0.717, 1.165) is 17.2 Å². The molecule has 0 saturated carbocycles. The maximum atomic E-state index is 12.2. The first-order chi connectivity index (χ1) is 9.90. The van der Waals surface area contributed by atoms with Crippen molar-refractivity contribution in [3.8, 4) is 0 Å². The van der Waals surface area contributed by atoms with Gasteiger partial charge in [-0.2, -0.15) is 0 Å². The molecule has 0 saturated heterocycles. The van der Waals surface area contributed by atoms with Crippen LogP contribution in [0.15, 0.2) is 53.4 Å². The van der Waals surface area contributed by atoms with E-state index in [1.54, 1.807) is 0 Å². The van der Waals surface area contributed by atoms with Gasteiger partial charge in [0.1, 0.15) is 0 Å². The van der Waals surface area contributed by atoms with Crippen LogP contribution in [0.3, 0.4) is 0 Å². The molecular weight excluding hydrogens is 290 g/mol. The van der Waals surface area contributed by atoms with E-state index in [2.05, 4.69) is 4.72 Å². The number of hydrogen-bond donors (Lipinski definition) is 2. The van der Waals surface area contributed by atoms with Crippen LogP contribution >= 0.6 is 0 Å². The largest absolute Gasteiger partial charge is 0.478 e. The summed E-state index contributed by atoms with van der Waals surface area (Å²) in [7, 11) is -3.74. The zero-order valence-electron chi connectivity index (χ0n) is 11.4. The maximum Gasteiger partial charge on any atom is 0.335 e. The number of carboxylic acids is 1. The molecule has 110 valence electrons. The molecule has 0 fully saturated rings. The third kappa shape index (κ3) is 3.68. The van der Waals surface area contributed by atoms with Crippen LogP contribution in [-0.2, 0) is 16.6 Å². The van der Waals surface area contributed by atoms with Crippen molar-refractivity contribution in [1.82, 2.24) is 4.72 Å². The molecule has 2 aromatic rings. The van der Waals surface area contributed by atoms with E-state index in [-0.39, 0.29) is 17.0 Å². The summed E-state index contributed by atoms with van der Waals surface area (Å²) in [5.74, 6) is -1.16. The van der Waals surface area contributed by atoms with E-state index < -0.39 is 16.0 Å². The Balaban J connectivity index is 2.21. The number of aromatic carboxylic acids is 1. The van der Waals surface area contributed by atoms with Gasteiger partial charge in [-0.05, 0) is 36.2 Å². The maximum absolute atomic E-state index is 12.2. The molecule has 5 nitrogen and oxygen atoms in total. The average molecular weight is 305 g/mol. The number of aryl methyl sites for hydroxylation is 1. The molecule has 0 heterocycles. The Morgan fingerprint density at radius 3 is 2.52 bits per heavy atom. The van der Waals surface area contributed by atoms with Gasteiger partial charge >= 0.3 is 5.97 Å². The molecule has 0 aromatic heterocycles. The van der Waals surface area contributed by atoms with Crippen LogP contribution in [0, 0.1) is 6.92 Å². The Labute approximate surface area is 123 Å². The van der Waals surface area contributed by atoms with Crippen LogP contribution in [-0.4, -0.2) is 19.5 Å². The molecule has 0 aliphatic rings. The van der Waals surface area contributed by atoms with Crippen molar-refractivity contribution in [2.24, 2.45) is 0 Å². The monoisotopic (exact) mass is 305 g/mol. The van der Waals surface area contributed by atoms with E-state index >= 15 is 0 Å². The number of nitrogens with one attached hydrogen (secondary N) is 1. The van der Waals surface area contributed by atoms with E-state index in [4.69, 9.17) is 5.11 Å². The molecule has 0 bridgehead atoms. The minimum absolute atomic E-state index is 0.0593. The fourth-order valence-corrected chi connectivity index (χ4v) is 2.91. The Morgan fingerprint density at radius 2 is 1.86 bits per heavy atom. The van der Waals surface area contributed by atoms with Crippen molar-refractivity contribution in [3.05, 3.63) is 65.2 Å². The standard InChI is InChI=1S/C15H15NO4S/c1-11-5-2-3-6-13(11)10-16-21(19,20)14-8-4-7-12(9-14)15(17)18/h2-9,16H,10H2,1H3,(H,17,18). The van der Waals surface area contributed by atoms with Crippen molar-refractivity contribution in [2.45, 2.75) is 18.4 Å². The van der Waals surface area contributed by atoms with Crippen LogP contribution in [0.25, 0.3) is 0 Å². The molecule has 0 spiro atoms. The lowest BCUT2D eigenvalue weighted by molar-refractivity contribution is 0.0696. The second-order valence-electron chi connectivity index (χ2n) is 4.58. The number of hydrogen-bond acceptors (Lipinski definition) is 3. The zero-order chi connectivity index (χ0) is 15.5. The number of carbonyl (C=O) groups is 1. The number of benzene rings is 2. The predicted octanol–water partition coefficient (Wildman–Crippen LogP) is 2.17. The first-order valence-corrected chi connectivity index (χ1v) is 7.76. The fraction of sp³-hybridized carbons (Fsp3) is 0.133. The normalized spacial score (nSPS) is 11.3. The molecule has 6 heteroatoms. The summed E-state index contributed by atoms with van der Waals surface area (Å²) in [5.41, 5.74) is 1.80. The van der Waals surface area contributed by atoms with Gasteiger partial charge in [-0.25, -0.2) is 17.9 Å². The number of carboxylic acid groups (broad SMARTS) is 1. The van der Waals surface area contributed by atoms with E-state index in [1.807, 2.05) is 31.2 Å². The summed E-state index contributed by atoms with van der Waals surface area (Å²) in [6.07, 6.45) is 0. The van der Waals surface area contributed by atoms with Crippen molar-refractivity contribution in [3.63, 3.8) is 0 Å². The second-order valence-corrected chi connectivity index (χ2v) is 6.35. The lowest BCUT2D eigenvalue weighted by Crippen LogP contribution is -2.23. The quantitative estimate of drug-likeness (QED) is 0.887. The second kappa shape index (κ2) is 6.07. The molecular formula is C15H15NO4S. The van der Waals surface area contributed by atoms with E-state index in [9.17, 15) is 13.2 Å². The highest BCUT2D eigenvalue weighted by Crippen LogP contribution is 2.13. The van der Waals surface area contributed by atoms with Gasteiger partial charge in [0.05, 0.1) is 10.5 Å². The highest BCUT2D eigenvalue weighted by molar-refractivity contribution is 7.89. The van der Waals surface area contributed by atoms with Gasteiger partial charge in [-0.3, -0.25) is 0 Å². The Hall–Kier alpha value is -2.18. The van der Waals surface area contributed by atoms with Gasteiger partial charge in [0.2, 0.25) is 10.0 Å². The minimum Gasteiger partial charge on any atom is -0.478 e. The van der Waals surface area contributed by atoms with E-state index in [1.165, 1.54) is 18.2 Å². The van der Waals surface area contributed by atoms with Crippen LogP contribution in [0.1, 0.15) is 21.5 Å². The molecule has 2 rings (SSSR count). The smallest absolute Gasteiger partial charge is 0.335 e. The molecule has 0 aliphatic heterocycles. The minimum atomic E-state index is -3.74. The summed E-state index contributed by atoms with van der Waals surface area (Å²) in [5, 5.41) is 8.90. The van der Waals surface area contributed by atoms with Gasteiger partial charge in [-0.15, -0.1) is 0 Å². The summed E-state index contributed by atoms with van der Waals surface area (Å²) in [4.78, 5) is 10.8. The van der Waals surface area contributed by atoms with Gasteiger partial charge in [0.25, 0.3) is 0 Å². The summed E-state index contributed by atoms with van der Waals surface area (Å²) < 4.78 is 26.9. The molecule has 2 N–H and O–H groups in total. The highest BCUT2D eigenvalue weighted by atomic mass is 32.2. The third-order valence-corrected chi connectivity index (χ3v) is 4.50. The molecule has 0 atom stereocenters. The average Bonchev–Trinajstić information content (AvgIpc) is 2.46. The topological polar surface area (TPSA) is 83.5 Å². The Bertz CT molecular complexity index is 769. The first-order valence-electron chi connectivity index (χ1n) is 6.28. The fourth-order valence-electron chi connectivity index (χ4n) is 1.86. The highest BCUT2D eigenvalue weighted by Gasteiger charge is 2.16. The molecule has 21 heavy (non-hydrogen) atoms. The molecule has 0 amide bonds. The number of sulfonamides is 1. The predicted molar refractivity (Wildman–Crippen MR) is 78.6 cm³/mol. The van der Waals surface area contributed by atoms with Gasteiger partial charge in [-0.1, -0.05) is 30.3 Å². The third-order valence-electron chi connectivity index (χ3n) is 3.11. The van der Waals surface area contributed by atoms with Crippen molar-refractivity contribution < 1.29 is 18.3 Å².